The molecule has 0 unspecified atom stereocenters. The Bertz CT molecular complexity index is 138. The molecule has 64 valence electrons. The summed E-state index contributed by atoms with van der Waals surface area (Å²) in [6.07, 6.45) is 5.62. The fraction of sp³-hybridized carbons (Fsp3) is 0.900. The molecule has 1 saturated carbocycles. The van der Waals surface area contributed by atoms with E-state index in [1.165, 1.54) is 12.8 Å². The highest BCUT2D eigenvalue weighted by atomic mass is 16.1. The van der Waals surface area contributed by atoms with Crippen molar-refractivity contribution in [1.82, 2.24) is 0 Å². The normalized spacial score (nSPS) is 27.2. The summed E-state index contributed by atoms with van der Waals surface area (Å²) in [5, 5.41) is 0. The first-order valence-corrected chi connectivity index (χ1v) is 4.74. The van der Waals surface area contributed by atoms with E-state index in [2.05, 4.69) is 13.8 Å². The largest absolute Gasteiger partial charge is 0.299 e. The number of rotatable bonds is 1. The first-order valence-electron chi connectivity index (χ1n) is 4.74. The molecule has 1 nitrogen and oxygen atoms in total. The number of carbonyl (C=O) groups excluding carboxylic acids is 1. The van der Waals surface area contributed by atoms with Gasteiger partial charge in [0.25, 0.3) is 0 Å². The summed E-state index contributed by atoms with van der Waals surface area (Å²) < 4.78 is 0. The SMILES string of the molecule is CC(C)[C@H]1CCCCCC1=O. The molecule has 1 aliphatic carbocycles. The number of hydrogen-bond donors (Lipinski definition) is 0. The van der Waals surface area contributed by atoms with Crippen molar-refractivity contribution in [2.45, 2.75) is 46.0 Å². The minimum absolute atomic E-state index is 0.373. The van der Waals surface area contributed by atoms with E-state index in [1.54, 1.807) is 0 Å². The molecule has 0 aromatic heterocycles. The molecule has 1 heteroatoms. The van der Waals surface area contributed by atoms with Gasteiger partial charge in [-0.2, -0.15) is 0 Å². The third kappa shape index (κ3) is 2.32. The van der Waals surface area contributed by atoms with Crippen LogP contribution in [0.25, 0.3) is 0 Å². The molecule has 0 spiro atoms. The molecule has 0 amide bonds. The molecule has 0 aliphatic heterocycles. The molecule has 11 heavy (non-hydrogen) atoms. The van der Waals surface area contributed by atoms with Crippen molar-refractivity contribution in [3.8, 4) is 0 Å². The first-order chi connectivity index (χ1) is 5.22. The lowest BCUT2D eigenvalue weighted by atomic mass is 9.88. The second-order valence-corrected chi connectivity index (χ2v) is 3.92. The molecule has 1 rings (SSSR count). The van der Waals surface area contributed by atoms with E-state index >= 15 is 0 Å². The van der Waals surface area contributed by atoms with E-state index in [0.29, 0.717) is 17.6 Å². The average molecular weight is 154 g/mol. The summed E-state index contributed by atoms with van der Waals surface area (Å²) in [4.78, 5) is 11.5. The Balaban J connectivity index is 2.52. The van der Waals surface area contributed by atoms with Crippen molar-refractivity contribution in [3.05, 3.63) is 0 Å². The van der Waals surface area contributed by atoms with E-state index in [4.69, 9.17) is 0 Å². The van der Waals surface area contributed by atoms with Gasteiger partial charge in [0.15, 0.2) is 0 Å². The standard InChI is InChI=1S/C10H18O/c1-8(2)9-6-4-3-5-7-10(9)11/h8-9H,3-7H2,1-2H3/t9-/m1/s1. The molecule has 1 aliphatic rings. The fourth-order valence-electron chi connectivity index (χ4n) is 1.89. The Morgan fingerprint density at radius 2 is 2.00 bits per heavy atom. The van der Waals surface area contributed by atoms with Crippen LogP contribution in [0.4, 0.5) is 0 Å². The lowest BCUT2D eigenvalue weighted by Gasteiger charge is -2.16. The predicted molar refractivity (Wildman–Crippen MR) is 46.4 cm³/mol. The van der Waals surface area contributed by atoms with Gasteiger partial charge < -0.3 is 0 Å². The fourth-order valence-corrected chi connectivity index (χ4v) is 1.89. The van der Waals surface area contributed by atoms with Crippen molar-refractivity contribution < 1.29 is 4.79 Å². The van der Waals surface area contributed by atoms with Crippen LogP contribution < -0.4 is 0 Å². The summed E-state index contributed by atoms with van der Waals surface area (Å²) in [6, 6.07) is 0. The van der Waals surface area contributed by atoms with E-state index in [1.807, 2.05) is 0 Å². The van der Waals surface area contributed by atoms with Gasteiger partial charge in [-0.25, -0.2) is 0 Å². The van der Waals surface area contributed by atoms with Crippen LogP contribution in [0.3, 0.4) is 0 Å². The summed E-state index contributed by atoms with van der Waals surface area (Å²) >= 11 is 0. The molecular formula is C10H18O. The van der Waals surface area contributed by atoms with Gasteiger partial charge in [0.2, 0.25) is 0 Å². The van der Waals surface area contributed by atoms with Crippen molar-refractivity contribution >= 4 is 5.78 Å². The first kappa shape index (κ1) is 8.76. The van der Waals surface area contributed by atoms with Crippen molar-refractivity contribution in [2.24, 2.45) is 11.8 Å². The van der Waals surface area contributed by atoms with Gasteiger partial charge in [-0.1, -0.05) is 26.7 Å². The van der Waals surface area contributed by atoms with Crippen LogP contribution in [0.5, 0.6) is 0 Å². The van der Waals surface area contributed by atoms with Crippen LogP contribution in [-0.2, 0) is 4.79 Å². The van der Waals surface area contributed by atoms with Crippen molar-refractivity contribution in [3.63, 3.8) is 0 Å². The van der Waals surface area contributed by atoms with E-state index < -0.39 is 0 Å². The molecule has 0 saturated heterocycles. The molecule has 0 bridgehead atoms. The lowest BCUT2D eigenvalue weighted by Crippen LogP contribution is -2.18. The van der Waals surface area contributed by atoms with Gasteiger partial charge >= 0.3 is 0 Å². The minimum atomic E-state index is 0.373. The molecule has 0 aromatic carbocycles. The van der Waals surface area contributed by atoms with Gasteiger partial charge in [-0.3, -0.25) is 4.79 Å². The second kappa shape index (κ2) is 3.89. The average Bonchev–Trinajstić information content (AvgIpc) is 2.13. The molecule has 0 aromatic rings. The number of ketones is 1. The van der Waals surface area contributed by atoms with Crippen LogP contribution in [0.2, 0.25) is 0 Å². The number of hydrogen-bond acceptors (Lipinski definition) is 1. The third-order valence-electron chi connectivity index (χ3n) is 2.66. The Labute approximate surface area is 69.2 Å². The molecule has 0 heterocycles. The smallest absolute Gasteiger partial charge is 0.136 e. The Kier molecular flexibility index (Phi) is 3.10. The van der Waals surface area contributed by atoms with Gasteiger partial charge in [0.1, 0.15) is 5.78 Å². The number of carbonyl (C=O) groups is 1. The zero-order chi connectivity index (χ0) is 8.27. The third-order valence-corrected chi connectivity index (χ3v) is 2.66. The summed E-state index contributed by atoms with van der Waals surface area (Å²) in [6.45, 7) is 4.32. The number of Topliss-reactive ketones (excluding diaryl/α,β-unsaturated/α-hetero) is 1. The molecular weight excluding hydrogens is 136 g/mol. The summed E-state index contributed by atoms with van der Waals surface area (Å²) in [5.41, 5.74) is 0. The van der Waals surface area contributed by atoms with Crippen molar-refractivity contribution in [1.29, 1.82) is 0 Å². The maximum Gasteiger partial charge on any atom is 0.136 e. The molecule has 0 N–H and O–H groups in total. The monoisotopic (exact) mass is 154 g/mol. The second-order valence-electron chi connectivity index (χ2n) is 3.92. The molecule has 1 fully saturated rings. The van der Waals surface area contributed by atoms with Crippen molar-refractivity contribution in [2.75, 3.05) is 0 Å². The van der Waals surface area contributed by atoms with Gasteiger partial charge in [0, 0.05) is 12.3 Å². The Morgan fingerprint density at radius 3 is 2.64 bits per heavy atom. The Hall–Kier alpha value is -0.330. The highest BCUT2D eigenvalue weighted by Gasteiger charge is 2.22. The van der Waals surface area contributed by atoms with Crippen LogP contribution in [0, 0.1) is 11.8 Å². The quantitative estimate of drug-likeness (QED) is 0.531. The Morgan fingerprint density at radius 1 is 1.27 bits per heavy atom. The van der Waals surface area contributed by atoms with Gasteiger partial charge in [-0.15, -0.1) is 0 Å². The van der Waals surface area contributed by atoms with Crippen LogP contribution >= 0.6 is 0 Å². The van der Waals surface area contributed by atoms with Crippen LogP contribution in [0.1, 0.15) is 46.0 Å². The maximum atomic E-state index is 11.5. The topological polar surface area (TPSA) is 17.1 Å². The van der Waals surface area contributed by atoms with E-state index in [0.717, 1.165) is 19.3 Å². The lowest BCUT2D eigenvalue weighted by molar-refractivity contribution is -0.123. The van der Waals surface area contributed by atoms with E-state index in [-0.39, 0.29) is 0 Å². The van der Waals surface area contributed by atoms with E-state index in [9.17, 15) is 4.79 Å². The zero-order valence-electron chi connectivity index (χ0n) is 7.60. The highest BCUT2D eigenvalue weighted by molar-refractivity contribution is 5.81. The molecule has 1 atom stereocenters. The van der Waals surface area contributed by atoms with Gasteiger partial charge in [0.05, 0.1) is 0 Å². The summed E-state index contributed by atoms with van der Waals surface area (Å²) in [7, 11) is 0. The maximum absolute atomic E-state index is 11.5. The molecule has 0 radical (unpaired) electrons. The predicted octanol–water partition coefficient (Wildman–Crippen LogP) is 2.79. The van der Waals surface area contributed by atoms with Gasteiger partial charge in [-0.05, 0) is 18.8 Å². The van der Waals surface area contributed by atoms with Crippen LogP contribution in [-0.4, -0.2) is 5.78 Å². The van der Waals surface area contributed by atoms with Crippen LogP contribution in [0.15, 0.2) is 0 Å². The minimum Gasteiger partial charge on any atom is -0.299 e. The highest BCUT2D eigenvalue weighted by Crippen LogP contribution is 2.25. The zero-order valence-corrected chi connectivity index (χ0v) is 7.60. The summed E-state index contributed by atoms with van der Waals surface area (Å²) in [5.74, 6) is 1.44.